The minimum atomic E-state index is -0.569. The summed E-state index contributed by atoms with van der Waals surface area (Å²) in [5, 5.41) is 2.79. The summed E-state index contributed by atoms with van der Waals surface area (Å²) < 4.78 is 0. The first-order valence-electron chi connectivity index (χ1n) is 8.00. The van der Waals surface area contributed by atoms with Crippen LogP contribution in [0.4, 0.5) is 5.69 Å². The summed E-state index contributed by atoms with van der Waals surface area (Å²) >= 11 is 0. The van der Waals surface area contributed by atoms with Gasteiger partial charge in [0.1, 0.15) is 0 Å². The van der Waals surface area contributed by atoms with Gasteiger partial charge < -0.3 is 16.0 Å². The molecule has 1 aliphatic heterocycles. The van der Waals surface area contributed by atoms with Gasteiger partial charge in [-0.25, -0.2) is 0 Å². The van der Waals surface area contributed by atoms with Gasteiger partial charge >= 0.3 is 0 Å². The number of hydrogen-bond acceptors (Lipinski definition) is 3. The van der Waals surface area contributed by atoms with Crippen LogP contribution >= 0.6 is 0 Å². The number of anilines is 1. The Morgan fingerprint density at radius 1 is 1.22 bits per heavy atom. The Morgan fingerprint density at radius 3 is 2.48 bits per heavy atom. The molecule has 0 bridgehead atoms. The highest BCUT2D eigenvalue weighted by molar-refractivity contribution is 6.03. The van der Waals surface area contributed by atoms with E-state index in [0.717, 1.165) is 6.42 Å². The van der Waals surface area contributed by atoms with E-state index in [2.05, 4.69) is 5.32 Å². The molecule has 124 valence electrons. The summed E-state index contributed by atoms with van der Waals surface area (Å²) in [6.07, 6.45) is 2.67. The quantitative estimate of drug-likeness (QED) is 0.866. The second-order valence-corrected chi connectivity index (χ2v) is 5.80. The van der Waals surface area contributed by atoms with Crippen LogP contribution in [0.25, 0.3) is 0 Å². The van der Waals surface area contributed by atoms with E-state index in [1.165, 1.54) is 0 Å². The first kappa shape index (κ1) is 17.0. The second-order valence-electron chi connectivity index (χ2n) is 5.80. The van der Waals surface area contributed by atoms with Gasteiger partial charge in [-0.3, -0.25) is 14.4 Å². The summed E-state index contributed by atoms with van der Waals surface area (Å²) in [4.78, 5) is 37.4. The molecule has 2 rings (SSSR count). The van der Waals surface area contributed by atoms with Crippen molar-refractivity contribution in [3.05, 3.63) is 29.8 Å². The highest BCUT2D eigenvalue weighted by Crippen LogP contribution is 2.21. The van der Waals surface area contributed by atoms with Gasteiger partial charge in [-0.1, -0.05) is 19.1 Å². The first-order chi connectivity index (χ1) is 11.0. The Kier molecular flexibility index (Phi) is 5.73. The number of carbonyl (C=O) groups is 3. The molecule has 0 atom stereocenters. The van der Waals surface area contributed by atoms with E-state index in [1.54, 1.807) is 24.3 Å². The van der Waals surface area contributed by atoms with Crippen LogP contribution in [0.5, 0.6) is 0 Å². The minimum absolute atomic E-state index is 0.124. The fourth-order valence-corrected chi connectivity index (χ4v) is 2.80. The van der Waals surface area contributed by atoms with Gasteiger partial charge in [-0.05, 0) is 31.4 Å². The van der Waals surface area contributed by atoms with Crippen molar-refractivity contribution in [2.24, 2.45) is 11.7 Å². The Morgan fingerprint density at radius 2 is 1.87 bits per heavy atom. The average Bonchev–Trinajstić information content (AvgIpc) is 2.55. The molecule has 1 aromatic carbocycles. The van der Waals surface area contributed by atoms with Gasteiger partial charge in [-0.2, -0.15) is 0 Å². The Hall–Kier alpha value is -2.37. The van der Waals surface area contributed by atoms with Crippen LogP contribution in [0.1, 0.15) is 43.0 Å². The summed E-state index contributed by atoms with van der Waals surface area (Å²) in [5.74, 6) is -0.686. The van der Waals surface area contributed by atoms with Crippen molar-refractivity contribution in [2.75, 3.05) is 18.4 Å². The number of primary amides is 1. The van der Waals surface area contributed by atoms with E-state index >= 15 is 0 Å². The Bertz CT molecular complexity index is 593. The van der Waals surface area contributed by atoms with Crippen LogP contribution in [-0.4, -0.2) is 35.7 Å². The number of benzene rings is 1. The SMILES string of the molecule is CCCC(=O)N1CCC(C(=O)Nc2ccccc2C(N)=O)CC1. The largest absolute Gasteiger partial charge is 0.366 e. The van der Waals surface area contributed by atoms with E-state index in [-0.39, 0.29) is 17.7 Å². The maximum absolute atomic E-state index is 12.4. The van der Waals surface area contributed by atoms with Gasteiger partial charge in [0.2, 0.25) is 11.8 Å². The summed E-state index contributed by atoms with van der Waals surface area (Å²) in [6, 6.07) is 6.70. The lowest BCUT2D eigenvalue weighted by Gasteiger charge is -2.31. The van der Waals surface area contributed by atoms with Crippen molar-refractivity contribution in [2.45, 2.75) is 32.6 Å². The van der Waals surface area contributed by atoms with E-state index in [9.17, 15) is 14.4 Å². The second kappa shape index (κ2) is 7.76. The zero-order chi connectivity index (χ0) is 16.8. The van der Waals surface area contributed by atoms with Crippen LogP contribution in [-0.2, 0) is 9.59 Å². The Labute approximate surface area is 136 Å². The molecule has 3 amide bonds. The van der Waals surface area contributed by atoms with Crippen LogP contribution < -0.4 is 11.1 Å². The van der Waals surface area contributed by atoms with Crippen molar-refractivity contribution in [3.8, 4) is 0 Å². The third-order valence-corrected chi connectivity index (χ3v) is 4.13. The maximum Gasteiger partial charge on any atom is 0.250 e. The number of nitrogens with two attached hydrogens (primary N) is 1. The molecule has 0 aromatic heterocycles. The number of piperidine rings is 1. The molecular weight excluding hydrogens is 294 g/mol. The molecule has 0 saturated carbocycles. The summed E-state index contributed by atoms with van der Waals surface area (Å²) in [6.45, 7) is 3.19. The molecule has 1 fully saturated rings. The van der Waals surface area contributed by atoms with E-state index in [1.807, 2.05) is 11.8 Å². The highest BCUT2D eigenvalue weighted by Gasteiger charge is 2.27. The molecule has 6 heteroatoms. The molecule has 1 aromatic rings. The average molecular weight is 317 g/mol. The van der Waals surface area contributed by atoms with Crippen LogP contribution in [0.3, 0.4) is 0 Å². The molecule has 6 nitrogen and oxygen atoms in total. The van der Waals surface area contributed by atoms with E-state index in [0.29, 0.717) is 43.6 Å². The van der Waals surface area contributed by atoms with E-state index in [4.69, 9.17) is 5.73 Å². The molecule has 3 N–H and O–H groups in total. The molecule has 1 saturated heterocycles. The standard InChI is InChI=1S/C17H23N3O3/c1-2-5-15(21)20-10-8-12(9-11-20)17(23)19-14-7-4-3-6-13(14)16(18)22/h3-4,6-7,12H,2,5,8-11H2,1H3,(H2,18,22)(H,19,23). The van der Waals surface area contributed by atoms with Crippen LogP contribution in [0.15, 0.2) is 24.3 Å². The lowest BCUT2D eigenvalue weighted by Crippen LogP contribution is -2.41. The van der Waals surface area contributed by atoms with Crippen molar-refractivity contribution < 1.29 is 14.4 Å². The molecule has 0 unspecified atom stereocenters. The van der Waals surface area contributed by atoms with E-state index < -0.39 is 5.91 Å². The molecule has 0 spiro atoms. The smallest absolute Gasteiger partial charge is 0.250 e. The summed E-state index contributed by atoms with van der Waals surface area (Å²) in [5.41, 5.74) is 6.06. The normalized spacial score (nSPS) is 15.3. The first-order valence-corrected chi connectivity index (χ1v) is 8.00. The minimum Gasteiger partial charge on any atom is -0.366 e. The fourth-order valence-electron chi connectivity index (χ4n) is 2.80. The molecule has 23 heavy (non-hydrogen) atoms. The molecule has 0 radical (unpaired) electrons. The number of likely N-dealkylation sites (tertiary alicyclic amines) is 1. The predicted molar refractivity (Wildman–Crippen MR) is 87.8 cm³/mol. The zero-order valence-corrected chi connectivity index (χ0v) is 13.4. The topological polar surface area (TPSA) is 92.5 Å². The highest BCUT2D eigenvalue weighted by atomic mass is 16.2. The zero-order valence-electron chi connectivity index (χ0n) is 13.4. The number of hydrogen-bond donors (Lipinski definition) is 2. The van der Waals surface area contributed by atoms with Gasteiger partial charge in [0.15, 0.2) is 0 Å². The van der Waals surface area contributed by atoms with Crippen molar-refractivity contribution in [1.82, 2.24) is 4.90 Å². The number of carbonyl (C=O) groups excluding carboxylic acids is 3. The van der Waals surface area contributed by atoms with Gasteiger partial charge in [0.25, 0.3) is 5.91 Å². The molecule has 1 aliphatic rings. The monoisotopic (exact) mass is 317 g/mol. The van der Waals surface area contributed by atoms with Crippen LogP contribution in [0.2, 0.25) is 0 Å². The van der Waals surface area contributed by atoms with Crippen LogP contribution in [0, 0.1) is 5.92 Å². The van der Waals surface area contributed by atoms with Crippen molar-refractivity contribution in [1.29, 1.82) is 0 Å². The molecule has 0 aliphatic carbocycles. The van der Waals surface area contributed by atoms with Crippen molar-refractivity contribution >= 4 is 23.4 Å². The number of nitrogens with zero attached hydrogens (tertiary/aromatic N) is 1. The van der Waals surface area contributed by atoms with Gasteiger partial charge in [0, 0.05) is 25.4 Å². The lowest BCUT2D eigenvalue weighted by molar-refractivity contribution is -0.134. The summed E-state index contributed by atoms with van der Waals surface area (Å²) in [7, 11) is 0. The van der Waals surface area contributed by atoms with Crippen molar-refractivity contribution in [3.63, 3.8) is 0 Å². The maximum atomic E-state index is 12.4. The van der Waals surface area contributed by atoms with Gasteiger partial charge in [-0.15, -0.1) is 0 Å². The third-order valence-electron chi connectivity index (χ3n) is 4.13. The molecular formula is C17H23N3O3. The third kappa shape index (κ3) is 4.31. The Balaban J connectivity index is 1.93. The number of para-hydroxylation sites is 1. The lowest BCUT2D eigenvalue weighted by atomic mass is 9.95. The molecule has 1 heterocycles. The predicted octanol–water partition coefficient (Wildman–Crippen LogP) is 1.76. The fraction of sp³-hybridized carbons (Fsp3) is 0.471. The number of amides is 3. The number of rotatable bonds is 5. The number of nitrogens with one attached hydrogen (secondary N) is 1. The van der Waals surface area contributed by atoms with Gasteiger partial charge in [0.05, 0.1) is 11.3 Å².